The number of ether oxygens (including phenoxy) is 4. The van der Waals surface area contributed by atoms with Gasteiger partial charge >= 0.3 is 12.3 Å². The fraction of sp³-hybridized carbons (Fsp3) is 0.233. The van der Waals surface area contributed by atoms with Crippen LogP contribution in [0, 0.1) is 0 Å². The van der Waals surface area contributed by atoms with Crippen LogP contribution in [0.4, 0.5) is 13.2 Å². The summed E-state index contributed by atoms with van der Waals surface area (Å²) in [4.78, 5) is 25.2. The highest BCUT2D eigenvalue weighted by atomic mass is 32.2. The van der Waals surface area contributed by atoms with Gasteiger partial charge in [0.05, 0.1) is 18.1 Å². The van der Waals surface area contributed by atoms with Crippen LogP contribution in [-0.2, 0) is 20.7 Å². The van der Waals surface area contributed by atoms with Crippen LogP contribution in [0.3, 0.4) is 0 Å². The Balaban J connectivity index is 1.55. The van der Waals surface area contributed by atoms with Crippen molar-refractivity contribution in [1.82, 2.24) is 4.90 Å². The number of hydrogen-bond acceptors (Lipinski definition) is 8. The molecule has 1 amide bonds. The number of benzene rings is 3. The highest BCUT2D eigenvalue weighted by Gasteiger charge is 2.33. The minimum absolute atomic E-state index is 0.150. The third-order valence-electron chi connectivity index (χ3n) is 6.00. The Labute approximate surface area is 255 Å². The Morgan fingerprint density at radius 2 is 1.79 bits per heavy atom. The molecule has 0 aromatic heterocycles. The summed E-state index contributed by atoms with van der Waals surface area (Å²) >= 11 is 6.19. The third kappa shape index (κ3) is 9.21. The number of carbonyl (C=O) groups excluding carboxylic acids is 1. The second kappa shape index (κ2) is 14.4. The van der Waals surface area contributed by atoms with E-state index in [0.29, 0.717) is 23.5 Å². The van der Waals surface area contributed by atoms with Gasteiger partial charge in [-0.25, -0.2) is 0 Å². The fourth-order valence-corrected chi connectivity index (χ4v) is 5.31. The van der Waals surface area contributed by atoms with E-state index in [2.05, 4.69) is 4.74 Å². The number of hydrogen-bond donors (Lipinski definition) is 1. The number of carboxylic acids is 1. The zero-order valence-electron chi connectivity index (χ0n) is 22.7. The van der Waals surface area contributed by atoms with E-state index in [-0.39, 0.29) is 28.2 Å². The van der Waals surface area contributed by atoms with Gasteiger partial charge in [0.1, 0.15) is 22.7 Å². The first kappa shape index (κ1) is 31.9. The van der Waals surface area contributed by atoms with Crippen molar-refractivity contribution in [2.24, 2.45) is 0 Å². The molecule has 4 rings (SSSR count). The average Bonchev–Trinajstić information content (AvgIpc) is 3.21. The number of halogens is 3. The zero-order chi connectivity index (χ0) is 31.0. The Morgan fingerprint density at radius 1 is 1.07 bits per heavy atom. The number of amides is 1. The Bertz CT molecular complexity index is 1480. The first-order chi connectivity index (χ1) is 20.5. The molecule has 3 aromatic carbocycles. The number of thiocarbonyl (C=S) groups is 1. The largest absolute Gasteiger partial charge is 0.573 e. The molecule has 1 fully saturated rings. The van der Waals surface area contributed by atoms with Crippen LogP contribution >= 0.6 is 24.0 Å². The average molecular weight is 634 g/mol. The van der Waals surface area contributed by atoms with Crippen LogP contribution in [0.25, 0.3) is 6.08 Å². The molecule has 1 aliphatic heterocycles. The molecule has 1 unspecified atom stereocenters. The van der Waals surface area contributed by atoms with Gasteiger partial charge in [0.15, 0.2) is 11.5 Å². The maximum atomic E-state index is 12.8. The van der Waals surface area contributed by atoms with Crippen molar-refractivity contribution in [3.8, 4) is 17.2 Å². The van der Waals surface area contributed by atoms with Gasteiger partial charge in [0.25, 0.3) is 5.91 Å². The smallest absolute Gasteiger partial charge is 0.489 e. The first-order valence-corrected chi connectivity index (χ1v) is 14.0. The predicted octanol–water partition coefficient (Wildman–Crippen LogP) is 6.26. The van der Waals surface area contributed by atoms with Crippen molar-refractivity contribution >= 4 is 46.3 Å². The van der Waals surface area contributed by atoms with E-state index in [1.165, 1.54) is 24.3 Å². The molecule has 0 aliphatic carbocycles. The van der Waals surface area contributed by atoms with Crippen molar-refractivity contribution in [1.29, 1.82) is 0 Å². The highest BCUT2D eigenvalue weighted by Crippen LogP contribution is 2.36. The van der Waals surface area contributed by atoms with Crippen molar-refractivity contribution in [2.75, 3.05) is 26.9 Å². The summed E-state index contributed by atoms with van der Waals surface area (Å²) < 4.78 is 59.2. The van der Waals surface area contributed by atoms with Gasteiger partial charge in [-0.3, -0.25) is 14.5 Å². The maximum absolute atomic E-state index is 12.8. The second-order valence-corrected chi connectivity index (χ2v) is 10.8. The summed E-state index contributed by atoms with van der Waals surface area (Å²) in [5.41, 5.74) is 2.18. The molecule has 3 aromatic rings. The molecule has 8 nitrogen and oxygen atoms in total. The van der Waals surface area contributed by atoms with Crippen LogP contribution in [-0.4, -0.2) is 59.4 Å². The van der Waals surface area contributed by atoms with Crippen molar-refractivity contribution in [3.05, 3.63) is 94.4 Å². The molecule has 1 aliphatic rings. The molecular weight excluding hydrogens is 607 g/mol. The Kier molecular flexibility index (Phi) is 10.7. The van der Waals surface area contributed by atoms with E-state index in [9.17, 15) is 22.8 Å². The molecule has 1 heterocycles. The van der Waals surface area contributed by atoms with Gasteiger partial charge in [-0.1, -0.05) is 72.5 Å². The molecule has 0 bridgehead atoms. The van der Waals surface area contributed by atoms with Crippen molar-refractivity contribution in [2.45, 2.75) is 18.9 Å². The Hall–Kier alpha value is -4.07. The normalized spacial score (nSPS) is 15.1. The van der Waals surface area contributed by atoms with Crippen LogP contribution in [0.5, 0.6) is 17.2 Å². The van der Waals surface area contributed by atoms with Crippen LogP contribution in [0.2, 0.25) is 0 Å². The van der Waals surface area contributed by atoms with E-state index in [4.69, 9.17) is 31.5 Å². The number of carbonyl (C=O) groups is 2. The maximum Gasteiger partial charge on any atom is 0.573 e. The van der Waals surface area contributed by atoms with E-state index >= 15 is 0 Å². The Morgan fingerprint density at radius 3 is 2.44 bits per heavy atom. The number of rotatable bonds is 13. The molecule has 1 N–H and O–H groups in total. The van der Waals surface area contributed by atoms with Gasteiger partial charge in [-0.15, -0.1) is 13.2 Å². The van der Waals surface area contributed by atoms with E-state index in [1.54, 1.807) is 31.4 Å². The standard InChI is InChI=1S/C30H26F3NO7S2/c1-38-18-25(21-5-3-2-4-6-21)40-24-15-20(16-26-28(37)34(17-27(35)36)29(42)43-26)9-12-23(24)39-14-13-19-7-10-22(11-8-19)41-30(31,32)33/h2-12,15-16,25H,13-14,17-18H2,1H3,(H,35,36)/b26-16-. The lowest BCUT2D eigenvalue weighted by atomic mass is 10.1. The van der Waals surface area contributed by atoms with Crippen LogP contribution in [0.1, 0.15) is 22.8 Å². The predicted molar refractivity (Wildman–Crippen MR) is 158 cm³/mol. The highest BCUT2D eigenvalue weighted by molar-refractivity contribution is 8.26. The summed E-state index contributed by atoms with van der Waals surface area (Å²) in [7, 11) is 1.55. The number of nitrogens with zero attached hydrogens (tertiary/aromatic N) is 1. The summed E-state index contributed by atoms with van der Waals surface area (Å²) in [6.45, 7) is -0.117. The third-order valence-corrected chi connectivity index (χ3v) is 7.37. The molecule has 13 heteroatoms. The lowest BCUT2D eigenvalue weighted by Crippen LogP contribution is -2.33. The van der Waals surface area contributed by atoms with E-state index < -0.39 is 30.9 Å². The summed E-state index contributed by atoms with van der Waals surface area (Å²) in [6, 6.07) is 20.0. The molecule has 1 atom stereocenters. The number of methoxy groups -OCH3 is 1. The van der Waals surface area contributed by atoms with Crippen LogP contribution < -0.4 is 14.2 Å². The van der Waals surface area contributed by atoms with Gasteiger partial charge < -0.3 is 24.1 Å². The van der Waals surface area contributed by atoms with Crippen molar-refractivity contribution in [3.63, 3.8) is 0 Å². The van der Waals surface area contributed by atoms with Gasteiger partial charge in [0.2, 0.25) is 0 Å². The molecule has 0 saturated carbocycles. The first-order valence-electron chi connectivity index (χ1n) is 12.8. The van der Waals surface area contributed by atoms with Gasteiger partial charge in [0, 0.05) is 13.5 Å². The molecule has 1 saturated heterocycles. The molecule has 0 radical (unpaired) electrons. The minimum Gasteiger partial charge on any atom is -0.489 e. The summed E-state index contributed by atoms with van der Waals surface area (Å²) in [6.07, 6.45) is -3.29. The molecule has 226 valence electrons. The lowest BCUT2D eigenvalue weighted by Gasteiger charge is -2.21. The molecule has 0 spiro atoms. The van der Waals surface area contributed by atoms with Gasteiger partial charge in [-0.2, -0.15) is 0 Å². The summed E-state index contributed by atoms with van der Waals surface area (Å²) in [5, 5.41) is 9.10. The molecular formula is C30H26F3NO7S2. The SMILES string of the molecule is COCC(Oc1cc(/C=C2\SC(=S)N(CC(=O)O)C2=O)ccc1OCCc1ccc(OC(F)(F)F)cc1)c1ccccc1. The van der Waals surface area contributed by atoms with E-state index in [1.807, 2.05) is 30.3 Å². The van der Waals surface area contributed by atoms with E-state index in [0.717, 1.165) is 27.8 Å². The number of carboxylic acid groups (broad SMARTS) is 1. The van der Waals surface area contributed by atoms with Crippen LogP contribution in [0.15, 0.2) is 77.7 Å². The second-order valence-electron chi connectivity index (χ2n) is 9.13. The zero-order valence-corrected chi connectivity index (χ0v) is 24.3. The fourth-order valence-electron chi connectivity index (χ4n) is 4.06. The lowest BCUT2D eigenvalue weighted by molar-refractivity contribution is -0.274. The topological polar surface area (TPSA) is 94.5 Å². The number of alkyl halides is 3. The quantitative estimate of drug-likeness (QED) is 0.173. The summed E-state index contributed by atoms with van der Waals surface area (Å²) in [5.74, 6) is -1.24. The van der Waals surface area contributed by atoms with Gasteiger partial charge in [-0.05, 0) is 47.0 Å². The minimum atomic E-state index is -4.77. The number of aliphatic carboxylic acids is 1. The molecule has 43 heavy (non-hydrogen) atoms. The monoisotopic (exact) mass is 633 g/mol. The van der Waals surface area contributed by atoms with Crippen molar-refractivity contribution < 1.29 is 46.8 Å². The number of thioether (sulfide) groups is 1.